The van der Waals surface area contributed by atoms with Crippen molar-refractivity contribution in [1.29, 1.82) is 0 Å². The molecule has 0 aliphatic carbocycles. The third-order valence-electron chi connectivity index (χ3n) is 4.87. The van der Waals surface area contributed by atoms with Gasteiger partial charge in [0.2, 0.25) is 5.91 Å². The van der Waals surface area contributed by atoms with Gasteiger partial charge in [-0.15, -0.1) is 0 Å². The van der Waals surface area contributed by atoms with E-state index in [9.17, 15) is 14.9 Å². The topological polar surface area (TPSA) is 75.5 Å². The molecule has 1 N–H and O–H groups in total. The highest BCUT2D eigenvalue weighted by Gasteiger charge is 2.22. The molecule has 6 nitrogen and oxygen atoms in total. The second kappa shape index (κ2) is 7.52. The zero-order valence-electron chi connectivity index (χ0n) is 15.2. The van der Waals surface area contributed by atoms with Gasteiger partial charge in [-0.3, -0.25) is 14.9 Å². The second-order valence-corrected chi connectivity index (χ2v) is 6.70. The Bertz CT molecular complexity index is 1030. The first-order chi connectivity index (χ1) is 13.6. The van der Waals surface area contributed by atoms with Gasteiger partial charge in [-0.25, -0.2) is 0 Å². The summed E-state index contributed by atoms with van der Waals surface area (Å²) in [6.45, 7) is 0.870. The molecule has 0 atom stereocenters. The van der Waals surface area contributed by atoms with Crippen LogP contribution >= 0.6 is 0 Å². The minimum absolute atomic E-state index is 0.0159. The zero-order chi connectivity index (χ0) is 19.5. The van der Waals surface area contributed by atoms with E-state index in [1.165, 1.54) is 23.4 Å². The lowest BCUT2D eigenvalue weighted by atomic mass is 10.1. The van der Waals surface area contributed by atoms with Crippen molar-refractivity contribution in [2.45, 2.75) is 12.8 Å². The number of nitro benzene ring substituents is 1. The van der Waals surface area contributed by atoms with Crippen LogP contribution in [0.3, 0.4) is 0 Å². The molecule has 6 heteroatoms. The number of anilines is 3. The number of carbonyl (C=O) groups is 1. The maximum atomic E-state index is 12.5. The summed E-state index contributed by atoms with van der Waals surface area (Å²) in [5.74, 6) is -0.159. The van der Waals surface area contributed by atoms with Gasteiger partial charge >= 0.3 is 0 Å². The van der Waals surface area contributed by atoms with Crippen molar-refractivity contribution in [3.05, 3.63) is 94.0 Å². The number of hydrogen-bond acceptors (Lipinski definition) is 4. The summed E-state index contributed by atoms with van der Waals surface area (Å²) in [6, 6.07) is 22.1. The number of rotatable bonds is 5. The Labute approximate surface area is 162 Å². The van der Waals surface area contributed by atoms with Crippen LogP contribution in [0.2, 0.25) is 0 Å². The van der Waals surface area contributed by atoms with Crippen LogP contribution in [0.1, 0.15) is 11.1 Å². The van der Waals surface area contributed by atoms with Crippen molar-refractivity contribution in [3.8, 4) is 0 Å². The molecule has 0 radical (unpaired) electrons. The largest absolute Gasteiger partial charge is 0.339 e. The number of non-ortho nitro benzene ring substituents is 1. The van der Waals surface area contributed by atoms with E-state index in [0.29, 0.717) is 0 Å². The summed E-state index contributed by atoms with van der Waals surface area (Å²) in [5.41, 5.74) is 4.93. The number of carbonyl (C=O) groups excluding carboxylic acids is 1. The molecule has 1 heterocycles. The van der Waals surface area contributed by atoms with Crippen molar-refractivity contribution in [2.24, 2.45) is 0 Å². The fourth-order valence-electron chi connectivity index (χ4n) is 3.52. The summed E-state index contributed by atoms with van der Waals surface area (Å²) < 4.78 is 0. The highest BCUT2D eigenvalue weighted by Crippen LogP contribution is 2.38. The van der Waals surface area contributed by atoms with Gasteiger partial charge in [0.15, 0.2) is 0 Å². The molecular formula is C22H19N3O3. The molecule has 4 rings (SSSR count). The van der Waals surface area contributed by atoms with E-state index < -0.39 is 4.92 Å². The molecule has 140 valence electrons. The smallest absolute Gasteiger partial charge is 0.269 e. The lowest BCUT2D eigenvalue weighted by Gasteiger charge is -2.23. The van der Waals surface area contributed by atoms with E-state index in [2.05, 4.69) is 22.3 Å². The monoisotopic (exact) mass is 373 g/mol. The van der Waals surface area contributed by atoms with Crippen LogP contribution in [0.5, 0.6) is 0 Å². The van der Waals surface area contributed by atoms with Crippen molar-refractivity contribution in [3.63, 3.8) is 0 Å². The minimum atomic E-state index is -0.450. The highest BCUT2D eigenvalue weighted by molar-refractivity contribution is 5.96. The standard InChI is InChI=1S/C22H19N3O3/c26-22(15-16-9-11-18(12-10-16)25(27)28)23-19-6-2-4-8-21(19)24-14-13-17-5-1-3-7-20(17)24/h1-12H,13-15H2,(H,23,26). The first kappa shape index (κ1) is 17.7. The third kappa shape index (κ3) is 3.57. The summed E-state index contributed by atoms with van der Waals surface area (Å²) in [6.07, 6.45) is 1.13. The molecule has 3 aromatic carbocycles. The number of nitrogens with one attached hydrogen (secondary N) is 1. The Morgan fingerprint density at radius 3 is 2.39 bits per heavy atom. The zero-order valence-corrected chi connectivity index (χ0v) is 15.2. The average Bonchev–Trinajstić information content (AvgIpc) is 3.13. The second-order valence-electron chi connectivity index (χ2n) is 6.70. The molecule has 1 amide bonds. The van der Waals surface area contributed by atoms with Crippen molar-refractivity contribution in [2.75, 3.05) is 16.8 Å². The molecule has 3 aromatic rings. The Balaban J connectivity index is 1.51. The normalized spacial score (nSPS) is 12.5. The third-order valence-corrected chi connectivity index (χ3v) is 4.87. The molecule has 28 heavy (non-hydrogen) atoms. The lowest BCUT2D eigenvalue weighted by Crippen LogP contribution is -2.19. The molecule has 0 unspecified atom stereocenters. The van der Waals surface area contributed by atoms with Gasteiger partial charge < -0.3 is 10.2 Å². The molecule has 1 aliphatic rings. The molecule has 0 saturated carbocycles. The average molecular weight is 373 g/mol. The van der Waals surface area contributed by atoms with E-state index in [0.717, 1.165) is 29.9 Å². The van der Waals surface area contributed by atoms with Crippen LogP contribution in [0.4, 0.5) is 22.7 Å². The fourth-order valence-corrected chi connectivity index (χ4v) is 3.52. The molecule has 0 spiro atoms. The molecular weight excluding hydrogens is 354 g/mol. The van der Waals surface area contributed by atoms with Gasteiger partial charge in [-0.2, -0.15) is 0 Å². The molecule has 1 aliphatic heterocycles. The molecule has 0 fully saturated rings. The van der Waals surface area contributed by atoms with Crippen molar-refractivity contribution >= 4 is 28.7 Å². The maximum absolute atomic E-state index is 12.5. The van der Waals surface area contributed by atoms with E-state index in [-0.39, 0.29) is 18.0 Å². The van der Waals surface area contributed by atoms with Crippen LogP contribution in [-0.2, 0) is 17.6 Å². The van der Waals surface area contributed by atoms with Crippen molar-refractivity contribution < 1.29 is 9.72 Å². The SMILES string of the molecule is O=C(Cc1ccc([N+](=O)[O-])cc1)Nc1ccccc1N1CCc2ccccc21. The highest BCUT2D eigenvalue weighted by atomic mass is 16.6. The Morgan fingerprint density at radius 1 is 0.964 bits per heavy atom. The number of nitro groups is 1. The van der Waals surface area contributed by atoms with E-state index in [1.54, 1.807) is 12.1 Å². The summed E-state index contributed by atoms with van der Waals surface area (Å²) >= 11 is 0. The number of amides is 1. The maximum Gasteiger partial charge on any atom is 0.269 e. The minimum Gasteiger partial charge on any atom is -0.339 e. The lowest BCUT2D eigenvalue weighted by molar-refractivity contribution is -0.384. The number of fused-ring (bicyclic) bond motifs is 1. The summed E-state index contributed by atoms with van der Waals surface area (Å²) in [5, 5.41) is 13.7. The van der Waals surface area contributed by atoms with Gasteiger partial charge in [-0.1, -0.05) is 42.5 Å². The van der Waals surface area contributed by atoms with E-state index in [1.807, 2.05) is 36.4 Å². The predicted octanol–water partition coefficient (Wildman–Crippen LogP) is 4.47. The number of para-hydroxylation sites is 3. The van der Waals surface area contributed by atoms with Gasteiger partial charge in [0.05, 0.1) is 22.7 Å². The molecule has 0 saturated heterocycles. The first-order valence-corrected chi connectivity index (χ1v) is 9.09. The van der Waals surface area contributed by atoms with Crippen LogP contribution in [0.25, 0.3) is 0 Å². The van der Waals surface area contributed by atoms with Gasteiger partial charge in [-0.05, 0) is 35.7 Å². The van der Waals surface area contributed by atoms with E-state index in [4.69, 9.17) is 0 Å². The quantitative estimate of drug-likeness (QED) is 0.529. The number of hydrogen-bond donors (Lipinski definition) is 1. The summed E-state index contributed by atoms with van der Waals surface area (Å²) in [7, 11) is 0. The Hall–Kier alpha value is -3.67. The van der Waals surface area contributed by atoms with Gasteiger partial charge in [0.25, 0.3) is 5.69 Å². The summed E-state index contributed by atoms with van der Waals surface area (Å²) in [4.78, 5) is 25.1. The molecule has 0 bridgehead atoms. The fraction of sp³-hybridized carbons (Fsp3) is 0.136. The predicted molar refractivity (Wildman–Crippen MR) is 109 cm³/mol. The number of benzene rings is 3. The van der Waals surface area contributed by atoms with Crippen LogP contribution in [0, 0.1) is 10.1 Å². The van der Waals surface area contributed by atoms with Crippen LogP contribution in [0.15, 0.2) is 72.8 Å². The first-order valence-electron chi connectivity index (χ1n) is 9.09. The van der Waals surface area contributed by atoms with Gasteiger partial charge in [0.1, 0.15) is 0 Å². The Morgan fingerprint density at radius 2 is 1.64 bits per heavy atom. The van der Waals surface area contributed by atoms with Gasteiger partial charge in [0, 0.05) is 24.4 Å². The van der Waals surface area contributed by atoms with Crippen LogP contribution < -0.4 is 10.2 Å². The van der Waals surface area contributed by atoms with E-state index >= 15 is 0 Å². The van der Waals surface area contributed by atoms with Crippen LogP contribution in [-0.4, -0.2) is 17.4 Å². The van der Waals surface area contributed by atoms with Crippen molar-refractivity contribution in [1.82, 2.24) is 0 Å². The Kier molecular flexibility index (Phi) is 4.76. The number of nitrogens with zero attached hydrogens (tertiary/aromatic N) is 2. The molecule has 0 aromatic heterocycles.